The first-order chi connectivity index (χ1) is 5.87. The fourth-order valence-electron chi connectivity index (χ4n) is 1.42. The van der Waals surface area contributed by atoms with E-state index in [1.54, 1.807) is 0 Å². The van der Waals surface area contributed by atoms with Crippen LogP contribution in [0.15, 0.2) is 0 Å². The van der Waals surface area contributed by atoms with Crippen molar-refractivity contribution in [3.05, 3.63) is 0 Å². The molecule has 1 aliphatic rings. The van der Waals surface area contributed by atoms with E-state index in [0.717, 1.165) is 0 Å². The summed E-state index contributed by atoms with van der Waals surface area (Å²) >= 11 is 0. The first-order valence-electron chi connectivity index (χ1n) is 3.86. The van der Waals surface area contributed by atoms with Gasteiger partial charge in [0.1, 0.15) is 0 Å². The standard InChI is InChI=1S/C7H10F3NO2.Li/c8-7(9,10)4-11-2-5(3-11)1-6(12)13;/h5H,1-4H2,(H,12,13);/q;+1/p-1. The van der Waals surface area contributed by atoms with Gasteiger partial charge in [-0.3, -0.25) is 4.90 Å². The van der Waals surface area contributed by atoms with Crippen LogP contribution in [0.3, 0.4) is 0 Å². The number of rotatable bonds is 3. The van der Waals surface area contributed by atoms with Crippen LogP contribution in [-0.4, -0.2) is 36.7 Å². The second-order valence-corrected chi connectivity index (χ2v) is 3.25. The maximum absolute atomic E-state index is 11.7. The number of carboxylic acids is 1. The van der Waals surface area contributed by atoms with E-state index in [-0.39, 0.29) is 44.3 Å². The van der Waals surface area contributed by atoms with Crippen LogP contribution in [0.1, 0.15) is 6.42 Å². The number of halogens is 3. The molecular weight excluding hydrogens is 194 g/mol. The summed E-state index contributed by atoms with van der Waals surface area (Å²) in [6.45, 7) is -0.544. The van der Waals surface area contributed by atoms with Crippen molar-refractivity contribution in [3.8, 4) is 0 Å². The molecule has 0 N–H and O–H groups in total. The number of carbonyl (C=O) groups excluding carboxylic acids is 1. The van der Waals surface area contributed by atoms with Gasteiger partial charge >= 0.3 is 25.0 Å². The van der Waals surface area contributed by atoms with Gasteiger partial charge in [0.05, 0.1) is 6.54 Å². The van der Waals surface area contributed by atoms with Crippen molar-refractivity contribution in [1.29, 1.82) is 0 Å². The summed E-state index contributed by atoms with van der Waals surface area (Å²) in [4.78, 5) is 11.2. The summed E-state index contributed by atoms with van der Waals surface area (Å²) in [5, 5.41) is 10.0. The molecule has 3 nitrogen and oxygen atoms in total. The topological polar surface area (TPSA) is 43.4 Å². The molecule has 0 aromatic heterocycles. The van der Waals surface area contributed by atoms with Crippen LogP contribution in [0.4, 0.5) is 13.2 Å². The van der Waals surface area contributed by atoms with E-state index in [1.807, 2.05) is 0 Å². The van der Waals surface area contributed by atoms with Gasteiger partial charge in [0.25, 0.3) is 0 Å². The minimum atomic E-state index is -4.19. The molecule has 14 heavy (non-hydrogen) atoms. The zero-order valence-electron chi connectivity index (χ0n) is 7.80. The van der Waals surface area contributed by atoms with Crippen LogP contribution >= 0.6 is 0 Å². The van der Waals surface area contributed by atoms with Crippen molar-refractivity contribution in [2.45, 2.75) is 12.6 Å². The second-order valence-electron chi connectivity index (χ2n) is 3.25. The van der Waals surface area contributed by atoms with Gasteiger partial charge in [0, 0.05) is 19.1 Å². The average molecular weight is 203 g/mol. The maximum Gasteiger partial charge on any atom is 1.00 e. The molecule has 0 unspecified atom stereocenters. The molecule has 1 fully saturated rings. The molecule has 0 saturated carbocycles. The van der Waals surface area contributed by atoms with Gasteiger partial charge in [-0.15, -0.1) is 0 Å². The summed E-state index contributed by atoms with van der Waals surface area (Å²) in [5.41, 5.74) is 0. The van der Waals surface area contributed by atoms with Gasteiger partial charge in [-0.1, -0.05) is 0 Å². The van der Waals surface area contributed by atoms with Crippen LogP contribution in [0.5, 0.6) is 0 Å². The number of likely N-dealkylation sites (tertiary alicyclic amines) is 1. The molecule has 0 amide bonds. The Hall–Kier alpha value is -0.183. The van der Waals surface area contributed by atoms with Crippen molar-refractivity contribution in [2.75, 3.05) is 19.6 Å². The molecule has 0 aliphatic carbocycles. The smallest absolute Gasteiger partial charge is 0.550 e. The Labute approximate surface area is 91.4 Å². The summed E-state index contributed by atoms with van der Waals surface area (Å²) in [7, 11) is 0. The Balaban J connectivity index is 0.00000169. The van der Waals surface area contributed by atoms with Crippen LogP contribution in [0.25, 0.3) is 0 Å². The summed E-state index contributed by atoms with van der Waals surface area (Å²) in [5.74, 6) is -1.37. The van der Waals surface area contributed by atoms with Gasteiger partial charge in [0.15, 0.2) is 0 Å². The molecular formula is C7H9F3LiNO2. The predicted octanol–water partition coefficient (Wildman–Crippen LogP) is -3.38. The first-order valence-corrected chi connectivity index (χ1v) is 3.86. The summed E-state index contributed by atoms with van der Waals surface area (Å²) in [6, 6.07) is 0. The largest absolute Gasteiger partial charge is 1.00 e. The van der Waals surface area contributed by atoms with Crippen molar-refractivity contribution in [1.82, 2.24) is 4.90 Å². The van der Waals surface area contributed by atoms with Crippen molar-refractivity contribution >= 4 is 5.97 Å². The minimum absolute atomic E-state index is 0. The summed E-state index contributed by atoms with van der Waals surface area (Å²) < 4.78 is 35.2. The molecule has 0 aromatic carbocycles. The molecule has 0 bridgehead atoms. The molecule has 1 saturated heterocycles. The molecule has 0 aromatic rings. The Morgan fingerprint density at radius 3 is 2.29 bits per heavy atom. The third kappa shape index (κ3) is 4.89. The molecule has 1 rings (SSSR count). The van der Waals surface area contributed by atoms with Crippen LogP contribution in [-0.2, 0) is 4.79 Å². The zero-order valence-corrected chi connectivity index (χ0v) is 7.80. The molecule has 1 aliphatic heterocycles. The van der Waals surface area contributed by atoms with Crippen LogP contribution < -0.4 is 24.0 Å². The third-order valence-corrected chi connectivity index (χ3v) is 1.89. The second kappa shape index (κ2) is 5.06. The van der Waals surface area contributed by atoms with E-state index in [1.165, 1.54) is 4.90 Å². The average Bonchev–Trinajstić information content (AvgIpc) is 1.78. The molecule has 0 spiro atoms. The van der Waals surface area contributed by atoms with Crippen molar-refractivity contribution in [2.24, 2.45) is 5.92 Å². The Morgan fingerprint density at radius 2 is 1.93 bits per heavy atom. The van der Waals surface area contributed by atoms with Crippen LogP contribution in [0.2, 0.25) is 0 Å². The van der Waals surface area contributed by atoms with Gasteiger partial charge in [-0.2, -0.15) is 13.2 Å². The number of nitrogens with zero attached hydrogens (tertiary/aromatic N) is 1. The Bertz CT molecular complexity index is 204. The van der Waals surface area contributed by atoms with E-state index >= 15 is 0 Å². The van der Waals surface area contributed by atoms with Gasteiger partial charge in [-0.05, 0) is 12.3 Å². The Kier molecular flexibility index (Phi) is 4.99. The fraction of sp³-hybridized carbons (Fsp3) is 0.857. The summed E-state index contributed by atoms with van der Waals surface area (Å²) in [6.07, 6.45) is -4.33. The van der Waals surface area contributed by atoms with E-state index in [4.69, 9.17) is 0 Å². The minimum Gasteiger partial charge on any atom is -0.550 e. The van der Waals surface area contributed by atoms with Gasteiger partial charge in [0.2, 0.25) is 0 Å². The SMILES string of the molecule is O=C([O-])CC1CN(CC(F)(F)F)C1.[Li+]. The zero-order chi connectivity index (χ0) is 10.1. The van der Waals surface area contributed by atoms with E-state index in [0.29, 0.717) is 0 Å². The number of hydrogen-bond donors (Lipinski definition) is 0. The number of carboxylic acid groups (broad SMARTS) is 1. The first kappa shape index (κ1) is 13.8. The van der Waals surface area contributed by atoms with E-state index in [9.17, 15) is 23.1 Å². The maximum atomic E-state index is 11.7. The number of hydrogen-bond acceptors (Lipinski definition) is 3. The molecule has 0 atom stereocenters. The van der Waals surface area contributed by atoms with Crippen molar-refractivity contribution < 1.29 is 41.9 Å². The fourth-order valence-corrected chi connectivity index (χ4v) is 1.42. The third-order valence-electron chi connectivity index (χ3n) is 1.89. The van der Waals surface area contributed by atoms with Gasteiger partial charge < -0.3 is 9.90 Å². The van der Waals surface area contributed by atoms with Gasteiger partial charge in [-0.25, -0.2) is 0 Å². The van der Waals surface area contributed by atoms with Crippen LogP contribution in [0, 0.1) is 5.92 Å². The predicted molar refractivity (Wildman–Crippen MR) is 35.6 cm³/mol. The normalized spacial score (nSPS) is 18.5. The molecule has 1 heterocycles. The molecule has 7 heteroatoms. The molecule has 0 radical (unpaired) electrons. The van der Waals surface area contributed by atoms with Crippen molar-refractivity contribution in [3.63, 3.8) is 0 Å². The number of carbonyl (C=O) groups is 1. The molecule has 76 valence electrons. The quantitative estimate of drug-likeness (QED) is 0.449. The van der Waals surface area contributed by atoms with E-state index < -0.39 is 18.7 Å². The Morgan fingerprint density at radius 1 is 1.43 bits per heavy atom. The van der Waals surface area contributed by atoms with E-state index in [2.05, 4.69) is 0 Å². The number of aliphatic carboxylic acids is 1. The monoisotopic (exact) mass is 203 g/mol. The number of alkyl halides is 3.